The molecule has 0 saturated heterocycles. The van der Waals surface area contributed by atoms with Crippen molar-refractivity contribution in [3.8, 4) is 0 Å². The number of benzene rings is 1. The van der Waals surface area contributed by atoms with Crippen LogP contribution < -0.4 is 0 Å². The summed E-state index contributed by atoms with van der Waals surface area (Å²) < 4.78 is 57.2. The van der Waals surface area contributed by atoms with Crippen molar-refractivity contribution in [2.75, 3.05) is 20.7 Å². The predicted octanol–water partition coefficient (Wildman–Crippen LogP) is 2.97. The Hall–Kier alpha value is -2.12. The number of hydrogen-bond acceptors (Lipinski definition) is 3. The Kier molecular flexibility index (Phi) is 4.63. The largest absolute Gasteiger partial charge is 0.468 e. The molecule has 0 aliphatic heterocycles. The Morgan fingerprint density at radius 1 is 1.30 bits per heavy atom. The van der Waals surface area contributed by atoms with Gasteiger partial charge in [-0.15, -0.1) is 0 Å². The smallest absolute Gasteiger partial charge is 0.419 e. The van der Waals surface area contributed by atoms with Gasteiger partial charge in [-0.25, -0.2) is 4.39 Å². The zero-order valence-electron chi connectivity index (χ0n) is 12.5. The highest BCUT2D eigenvalue weighted by molar-refractivity contribution is 5.97. The van der Waals surface area contributed by atoms with Gasteiger partial charge in [-0.3, -0.25) is 9.59 Å². The van der Waals surface area contributed by atoms with E-state index in [1.807, 2.05) is 0 Å². The third-order valence-electron chi connectivity index (χ3n) is 3.64. The van der Waals surface area contributed by atoms with Crippen LogP contribution in [-0.2, 0) is 15.7 Å². The molecule has 0 aromatic heterocycles. The van der Waals surface area contributed by atoms with Gasteiger partial charge in [0.15, 0.2) is 0 Å². The summed E-state index contributed by atoms with van der Waals surface area (Å²) >= 11 is 0. The summed E-state index contributed by atoms with van der Waals surface area (Å²) in [6.45, 7) is -0.373. The number of methoxy groups -OCH3 is 1. The zero-order chi connectivity index (χ0) is 17.4. The van der Waals surface area contributed by atoms with Crippen LogP contribution in [0.4, 0.5) is 17.6 Å². The minimum atomic E-state index is -4.83. The summed E-state index contributed by atoms with van der Waals surface area (Å²) in [4.78, 5) is 24.5. The molecule has 23 heavy (non-hydrogen) atoms. The number of hydrogen-bond donors (Lipinski definition) is 0. The highest BCUT2D eigenvalue weighted by Gasteiger charge is 2.40. The maximum Gasteiger partial charge on any atom is 0.419 e. The Morgan fingerprint density at radius 3 is 2.39 bits per heavy atom. The molecule has 0 bridgehead atoms. The van der Waals surface area contributed by atoms with Crippen LogP contribution in [-0.4, -0.2) is 37.5 Å². The average Bonchev–Trinajstić information content (AvgIpc) is 3.28. The minimum absolute atomic E-state index is 0.149. The van der Waals surface area contributed by atoms with Gasteiger partial charge in [-0.2, -0.15) is 13.2 Å². The molecule has 4 nitrogen and oxygen atoms in total. The third-order valence-corrected chi connectivity index (χ3v) is 3.64. The molecule has 2 rings (SSSR count). The Morgan fingerprint density at radius 2 is 1.91 bits per heavy atom. The van der Waals surface area contributed by atoms with Crippen molar-refractivity contribution in [3.63, 3.8) is 0 Å². The van der Waals surface area contributed by atoms with E-state index < -0.39 is 35.4 Å². The topological polar surface area (TPSA) is 46.6 Å². The second-order valence-electron chi connectivity index (χ2n) is 5.40. The third kappa shape index (κ3) is 3.62. The van der Waals surface area contributed by atoms with Gasteiger partial charge in [0.2, 0.25) is 0 Å². The van der Waals surface area contributed by atoms with Crippen LogP contribution in [0.1, 0.15) is 40.2 Å². The molecule has 0 unspecified atom stereocenters. The van der Waals surface area contributed by atoms with Gasteiger partial charge in [-0.1, -0.05) is 0 Å². The van der Waals surface area contributed by atoms with E-state index in [4.69, 9.17) is 0 Å². The van der Waals surface area contributed by atoms with Crippen molar-refractivity contribution < 1.29 is 31.9 Å². The number of carbonyl (C=O) groups excluding carboxylic acids is 2. The summed E-state index contributed by atoms with van der Waals surface area (Å²) in [7, 11) is 2.44. The van der Waals surface area contributed by atoms with Gasteiger partial charge < -0.3 is 9.64 Å². The van der Waals surface area contributed by atoms with Crippen molar-refractivity contribution in [1.82, 2.24) is 4.90 Å². The van der Waals surface area contributed by atoms with E-state index in [2.05, 4.69) is 4.74 Å². The number of halogens is 4. The highest BCUT2D eigenvalue weighted by atomic mass is 19.4. The van der Waals surface area contributed by atoms with Crippen molar-refractivity contribution >= 4 is 11.9 Å². The number of ether oxygens (including phenoxy) is 1. The lowest BCUT2D eigenvalue weighted by Gasteiger charge is -2.19. The fourth-order valence-corrected chi connectivity index (χ4v) is 2.31. The molecule has 8 heteroatoms. The van der Waals surface area contributed by atoms with Crippen LogP contribution in [0.15, 0.2) is 12.1 Å². The Labute approximate surface area is 130 Å². The number of rotatable bonds is 4. The maximum absolute atomic E-state index is 14.3. The second-order valence-corrected chi connectivity index (χ2v) is 5.40. The molecular weight excluding hydrogens is 318 g/mol. The van der Waals surface area contributed by atoms with E-state index in [1.54, 1.807) is 0 Å². The molecule has 1 aromatic carbocycles. The van der Waals surface area contributed by atoms with Crippen molar-refractivity contribution in [1.29, 1.82) is 0 Å². The van der Waals surface area contributed by atoms with Crippen LogP contribution in [0.3, 0.4) is 0 Å². The summed E-state index contributed by atoms with van der Waals surface area (Å²) in [6.07, 6.45) is -3.77. The minimum Gasteiger partial charge on any atom is -0.468 e. The lowest BCUT2D eigenvalue weighted by molar-refractivity contribution is -0.141. The van der Waals surface area contributed by atoms with E-state index in [0.717, 1.165) is 18.1 Å². The monoisotopic (exact) mass is 333 g/mol. The molecule has 1 aromatic rings. The average molecular weight is 333 g/mol. The second kappa shape index (κ2) is 6.17. The van der Waals surface area contributed by atoms with Crippen molar-refractivity contribution in [2.45, 2.75) is 24.9 Å². The Bertz CT molecular complexity index is 638. The van der Waals surface area contributed by atoms with E-state index in [-0.39, 0.29) is 17.7 Å². The summed E-state index contributed by atoms with van der Waals surface area (Å²) in [5.41, 5.74) is -1.75. The highest BCUT2D eigenvalue weighted by Crippen LogP contribution is 2.45. The first kappa shape index (κ1) is 17.2. The van der Waals surface area contributed by atoms with Gasteiger partial charge in [0, 0.05) is 18.2 Å². The zero-order valence-corrected chi connectivity index (χ0v) is 12.5. The standard InChI is InChI=1S/C15H15F4NO3/c1-20(7-11(21)23-2)14(22)9-5-6-10(15(17,18)19)13(16)12(9)8-3-4-8/h5-6,8H,3-4,7H2,1-2H3. The number of nitrogens with zero attached hydrogens (tertiary/aromatic N) is 1. The van der Waals surface area contributed by atoms with Gasteiger partial charge >= 0.3 is 12.1 Å². The number of carbonyl (C=O) groups is 2. The van der Waals surface area contributed by atoms with Gasteiger partial charge in [0.1, 0.15) is 12.4 Å². The first-order valence-electron chi connectivity index (χ1n) is 6.88. The fourth-order valence-electron chi connectivity index (χ4n) is 2.31. The van der Waals surface area contributed by atoms with E-state index in [9.17, 15) is 27.2 Å². The Balaban J connectivity index is 2.41. The van der Waals surface area contributed by atoms with Gasteiger partial charge in [0.05, 0.1) is 12.7 Å². The summed E-state index contributed by atoms with van der Waals surface area (Å²) in [6, 6.07) is 1.52. The first-order chi connectivity index (χ1) is 10.7. The molecule has 0 radical (unpaired) electrons. The molecule has 0 heterocycles. The number of likely N-dealkylation sites (N-methyl/N-ethyl adjacent to an activating group) is 1. The van der Waals surface area contributed by atoms with E-state index in [1.165, 1.54) is 7.05 Å². The van der Waals surface area contributed by atoms with E-state index in [0.29, 0.717) is 18.9 Å². The van der Waals surface area contributed by atoms with Crippen molar-refractivity contribution in [2.24, 2.45) is 0 Å². The molecule has 126 valence electrons. The molecule has 1 saturated carbocycles. The molecule has 1 fully saturated rings. The molecule has 0 N–H and O–H groups in total. The number of alkyl halides is 3. The van der Waals surface area contributed by atoms with Crippen LogP contribution >= 0.6 is 0 Å². The SMILES string of the molecule is COC(=O)CN(C)C(=O)c1ccc(C(F)(F)F)c(F)c1C1CC1. The van der Waals surface area contributed by atoms with Crippen LogP contribution in [0.2, 0.25) is 0 Å². The predicted molar refractivity (Wildman–Crippen MR) is 72.4 cm³/mol. The fraction of sp³-hybridized carbons (Fsp3) is 0.467. The molecule has 1 amide bonds. The maximum atomic E-state index is 14.3. The normalized spacial score (nSPS) is 14.5. The molecular formula is C15H15F4NO3. The quantitative estimate of drug-likeness (QED) is 0.629. The molecule has 0 spiro atoms. The lowest BCUT2D eigenvalue weighted by Crippen LogP contribution is -2.33. The molecule has 0 atom stereocenters. The van der Waals surface area contributed by atoms with Gasteiger partial charge in [-0.05, 0) is 30.9 Å². The van der Waals surface area contributed by atoms with E-state index >= 15 is 0 Å². The number of esters is 1. The molecule has 1 aliphatic carbocycles. The number of amides is 1. The van der Waals surface area contributed by atoms with Gasteiger partial charge in [0.25, 0.3) is 5.91 Å². The lowest BCUT2D eigenvalue weighted by atomic mass is 9.97. The van der Waals surface area contributed by atoms with Crippen molar-refractivity contribution in [3.05, 3.63) is 34.6 Å². The van der Waals surface area contributed by atoms with Crippen LogP contribution in [0.25, 0.3) is 0 Å². The summed E-state index contributed by atoms with van der Waals surface area (Å²) in [5.74, 6) is -3.20. The van der Waals surface area contributed by atoms with Crippen LogP contribution in [0, 0.1) is 5.82 Å². The van der Waals surface area contributed by atoms with Crippen LogP contribution in [0.5, 0.6) is 0 Å². The molecule has 1 aliphatic rings. The first-order valence-corrected chi connectivity index (χ1v) is 6.88. The summed E-state index contributed by atoms with van der Waals surface area (Å²) in [5, 5.41) is 0.